The highest BCUT2D eigenvalue weighted by molar-refractivity contribution is 5.49. The van der Waals surface area contributed by atoms with Gasteiger partial charge in [0.05, 0.1) is 5.69 Å². The summed E-state index contributed by atoms with van der Waals surface area (Å²) in [4.78, 5) is 13.3. The van der Waals surface area contributed by atoms with E-state index in [0.29, 0.717) is 6.54 Å². The van der Waals surface area contributed by atoms with Crippen molar-refractivity contribution in [2.24, 2.45) is 5.73 Å². The van der Waals surface area contributed by atoms with E-state index in [0.717, 1.165) is 37.7 Å². The van der Waals surface area contributed by atoms with Gasteiger partial charge in [0.2, 0.25) is 0 Å². The number of rotatable bonds is 3. The molecule has 1 aliphatic rings. The first-order valence-electron chi connectivity index (χ1n) is 6.93. The lowest BCUT2D eigenvalue weighted by atomic mass is 10.2. The van der Waals surface area contributed by atoms with Gasteiger partial charge in [-0.3, -0.25) is 4.98 Å². The number of piperazine rings is 1. The summed E-state index contributed by atoms with van der Waals surface area (Å²) >= 11 is 0. The second-order valence-corrected chi connectivity index (χ2v) is 4.87. The molecule has 1 fully saturated rings. The van der Waals surface area contributed by atoms with E-state index in [9.17, 15) is 0 Å². The Hall–Kier alpha value is -2.14. The fourth-order valence-corrected chi connectivity index (χ4v) is 2.51. The number of hydrogen-bond acceptors (Lipinski definition) is 5. The number of pyridine rings is 2. The molecule has 3 rings (SSSR count). The van der Waals surface area contributed by atoms with Crippen LogP contribution in [0.5, 0.6) is 0 Å². The normalized spacial score (nSPS) is 15.4. The van der Waals surface area contributed by atoms with Crippen LogP contribution in [0.3, 0.4) is 0 Å². The topological polar surface area (TPSA) is 58.3 Å². The average molecular weight is 269 g/mol. The molecule has 104 valence electrons. The predicted molar refractivity (Wildman–Crippen MR) is 80.8 cm³/mol. The Kier molecular flexibility index (Phi) is 3.78. The van der Waals surface area contributed by atoms with Crippen molar-refractivity contribution in [3.63, 3.8) is 0 Å². The van der Waals surface area contributed by atoms with Crippen molar-refractivity contribution < 1.29 is 0 Å². The third-order valence-electron chi connectivity index (χ3n) is 3.63. The quantitative estimate of drug-likeness (QED) is 0.909. The maximum absolute atomic E-state index is 5.65. The summed E-state index contributed by atoms with van der Waals surface area (Å²) in [5, 5.41) is 0. The van der Waals surface area contributed by atoms with Gasteiger partial charge in [-0.15, -0.1) is 0 Å². The molecule has 5 heteroatoms. The Morgan fingerprint density at radius 2 is 1.75 bits per heavy atom. The third-order valence-corrected chi connectivity index (χ3v) is 3.63. The van der Waals surface area contributed by atoms with Crippen LogP contribution < -0.4 is 15.5 Å². The van der Waals surface area contributed by atoms with Gasteiger partial charge in [-0.2, -0.15) is 0 Å². The molecule has 0 atom stereocenters. The average Bonchev–Trinajstić information content (AvgIpc) is 2.56. The highest BCUT2D eigenvalue weighted by Crippen LogP contribution is 2.19. The second kappa shape index (κ2) is 5.88. The Bertz CT molecular complexity index is 549. The summed E-state index contributed by atoms with van der Waals surface area (Å²) in [7, 11) is 0. The highest BCUT2D eigenvalue weighted by atomic mass is 15.3. The molecule has 2 aromatic heterocycles. The van der Waals surface area contributed by atoms with Crippen molar-refractivity contribution in [1.29, 1.82) is 0 Å². The monoisotopic (exact) mass is 269 g/mol. The van der Waals surface area contributed by atoms with E-state index in [4.69, 9.17) is 5.73 Å². The SMILES string of the molecule is NCc1cc(N2CCN(c3ccccn3)CC2)ccn1. The molecule has 5 nitrogen and oxygen atoms in total. The Balaban J connectivity index is 1.66. The smallest absolute Gasteiger partial charge is 0.128 e. The maximum atomic E-state index is 5.65. The Labute approximate surface area is 119 Å². The van der Waals surface area contributed by atoms with Gasteiger partial charge in [0.15, 0.2) is 0 Å². The summed E-state index contributed by atoms with van der Waals surface area (Å²) in [5.41, 5.74) is 7.80. The molecule has 0 bridgehead atoms. The van der Waals surface area contributed by atoms with Crippen molar-refractivity contribution in [3.8, 4) is 0 Å². The van der Waals surface area contributed by atoms with Crippen LogP contribution in [0.1, 0.15) is 5.69 Å². The van der Waals surface area contributed by atoms with Crippen molar-refractivity contribution in [3.05, 3.63) is 48.4 Å². The summed E-state index contributed by atoms with van der Waals surface area (Å²) in [6.07, 6.45) is 3.68. The Morgan fingerprint density at radius 1 is 0.950 bits per heavy atom. The molecule has 0 saturated carbocycles. The Morgan fingerprint density at radius 3 is 2.45 bits per heavy atom. The molecule has 1 saturated heterocycles. The van der Waals surface area contributed by atoms with Gasteiger partial charge in [-0.25, -0.2) is 4.98 Å². The molecule has 0 radical (unpaired) electrons. The first-order chi connectivity index (χ1) is 9.86. The lowest BCUT2D eigenvalue weighted by Crippen LogP contribution is -2.46. The fourth-order valence-electron chi connectivity index (χ4n) is 2.51. The minimum Gasteiger partial charge on any atom is -0.368 e. The molecular formula is C15H19N5. The van der Waals surface area contributed by atoms with E-state index in [1.165, 1.54) is 5.69 Å². The number of aromatic nitrogens is 2. The zero-order chi connectivity index (χ0) is 13.8. The van der Waals surface area contributed by atoms with Crippen LogP contribution in [0.25, 0.3) is 0 Å². The van der Waals surface area contributed by atoms with Gasteiger partial charge in [0.25, 0.3) is 0 Å². The van der Waals surface area contributed by atoms with Gasteiger partial charge in [-0.05, 0) is 24.3 Å². The minimum atomic E-state index is 0.488. The highest BCUT2D eigenvalue weighted by Gasteiger charge is 2.18. The molecule has 0 spiro atoms. The summed E-state index contributed by atoms with van der Waals surface area (Å²) < 4.78 is 0. The van der Waals surface area contributed by atoms with E-state index in [2.05, 4.69) is 38.0 Å². The second-order valence-electron chi connectivity index (χ2n) is 4.87. The van der Waals surface area contributed by atoms with Crippen molar-refractivity contribution in [2.45, 2.75) is 6.54 Å². The maximum Gasteiger partial charge on any atom is 0.128 e. The molecular weight excluding hydrogens is 250 g/mol. The molecule has 0 aromatic carbocycles. The number of anilines is 2. The summed E-state index contributed by atoms with van der Waals surface area (Å²) in [6.45, 7) is 4.44. The van der Waals surface area contributed by atoms with Gasteiger partial charge in [0.1, 0.15) is 5.82 Å². The zero-order valence-electron chi connectivity index (χ0n) is 11.4. The fraction of sp³-hybridized carbons (Fsp3) is 0.333. The third kappa shape index (κ3) is 2.72. The minimum absolute atomic E-state index is 0.488. The molecule has 3 heterocycles. The van der Waals surface area contributed by atoms with Crippen molar-refractivity contribution >= 4 is 11.5 Å². The summed E-state index contributed by atoms with van der Waals surface area (Å²) in [6, 6.07) is 10.2. The standard InChI is InChI=1S/C15H19N5/c16-12-13-11-14(4-6-17-13)19-7-9-20(10-8-19)15-3-1-2-5-18-15/h1-6,11H,7-10,12,16H2. The van der Waals surface area contributed by atoms with Gasteiger partial charge in [-0.1, -0.05) is 6.07 Å². The summed E-state index contributed by atoms with van der Waals surface area (Å²) in [5.74, 6) is 1.06. The van der Waals surface area contributed by atoms with Crippen LogP contribution in [-0.4, -0.2) is 36.1 Å². The van der Waals surface area contributed by atoms with Gasteiger partial charge >= 0.3 is 0 Å². The zero-order valence-corrected chi connectivity index (χ0v) is 11.4. The van der Waals surface area contributed by atoms with Crippen LogP contribution in [0, 0.1) is 0 Å². The number of nitrogens with zero attached hydrogens (tertiary/aromatic N) is 4. The predicted octanol–water partition coefficient (Wildman–Crippen LogP) is 1.26. The van der Waals surface area contributed by atoms with Gasteiger partial charge < -0.3 is 15.5 Å². The molecule has 20 heavy (non-hydrogen) atoms. The lowest BCUT2D eigenvalue weighted by Gasteiger charge is -2.36. The van der Waals surface area contributed by atoms with E-state index in [-0.39, 0.29) is 0 Å². The van der Waals surface area contributed by atoms with Gasteiger partial charge in [0, 0.05) is 50.8 Å². The van der Waals surface area contributed by atoms with E-state index >= 15 is 0 Å². The number of nitrogens with two attached hydrogens (primary N) is 1. The molecule has 0 unspecified atom stereocenters. The first kappa shape index (κ1) is 12.9. The van der Waals surface area contributed by atoms with Crippen LogP contribution in [-0.2, 0) is 6.54 Å². The van der Waals surface area contributed by atoms with E-state index in [1.54, 1.807) is 0 Å². The van der Waals surface area contributed by atoms with Crippen LogP contribution >= 0.6 is 0 Å². The molecule has 2 N–H and O–H groups in total. The van der Waals surface area contributed by atoms with E-state index in [1.807, 2.05) is 24.5 Å². The van der Waals surface area contributed by atoms with Crippen molar-refractivity contribution in [2.75, 3.05) is 36.0 Å². The van der Waals surface area contributed by atoms with Crippen molar-refractivity contribution in [1.82, 2.24) is 9.97 Å². The molecule has 2 aromatic rings. The number of hydrogen-bond donors (Lipinski definition) is 1. The van der Waals surface area contributed by atoms with Crippen LogP contribution in [0.15, 0.2) is 42.7 Å². The van der Waals surface area contributed by atoms with Crippen LogP contribution in [0.4, 0.5) is 11.5 Å². The molecule has 0 amide bonds. The largest absolute Gasteiger partial charge is 0.368 e. The lowest BCUT2D eigenvalue weighted by molar-refractivity contribution is 0.647. The first-order valence-corrected chi connectivity index (χ1v) is 6.93. The molecule has 1 aliphatic heterocycles. The van der Waals surface area contributed by atoms with Crippen LogP contribution in [0.2, 0.25) is 0 Å². The molecule has 0 aliphatic carbocycles. The van der Waals surface area contributed by atoms with E-state index < -0.39 is 0 Å².